The van der Waals surface area contributed by atoms with Gasteiger partial charge in [-0.3, -0.25) is 4.79 Å². The van der Waals surface area contributed by atoms with Crippen molar-refractivity contribution >= 4 is 14.0 Å². The molecule has 4 heteroatoms. The first kappa shape index (κ1) is 15.1. The Kier molecular flexibility index (Phi) is 4.53. The molecule has 3 nitrogen and oxygen atoms in total. The SMILES string of the molecule is COc1ccc([C@@H]2C[C@@H](CC[Si](C)(C)C)OC2=O)cc1. The second kappa shape index (κ2) is 6.00. The summed E-state index contributed by atoms with van der Waals surface area (Å²) in [6.07, 6.45) is 1.92. The highest BCUT2D eigenvalue weighted by atomic mass is 28.3. The van der Waals surface area contributed by atoms with Crippen LogP contribution >= 0.6 is 0 Å². The lowest BCUT2D eigenvalue weighted by molar-refractivity contribution is -0.142. The maximum absolute atomic E-state index is 12.0. The first-order valence-electron chi connectivity index (χ1n) is 7.23. The van der Waals surface area contributed by atoms with Crippen LogP contribution in [0.4, 0.5) is 0 Å². The number of carbonyl (C=O) groups excluding carboxylic acids is 1. The lowest BCUT2D eigenvalue weighted by Crippen LogP contribution is -2.22. The summed E-state index contributed by atoms with van der Waals surface area (Å²) in [5.41, 5.74) is 1.03. The fourth-order valence-electron chi connectivity index (χ4n) is 2.53. The zero-order valence-corrected chi connectivity index (χ0v) is 13.8. The molecule has 1 aromatic carbocycles. The average Bonchev–Trinajstić information content (AvgIpc) is 2.77. The molecule has 0 bridgehead atoms. The number of hydrogen-bond acceptors (Lipinski definition) is 3. The quantitative estimate of drug-likeness (QED) is 0.611. The Morgan fingerprint density at radius 1 is 1.25 bits per heavy atom. The molecule has 1 aromatic rings. The lowest BCUT2D eigenvalue weighted by atomic mass is 9.95. The summed E-state index contributed by atoms with van der Waals surface area (Å²) in [6.45, 7) is 7.06. The normalized spacial score (nSPS) is 22.7. The maximum Gasteiger partial charge on any atom is 0.313 e. The van der Waals surface area contributed by atoms with Gasteiger partial charge in [-0.2, -0.15) is 0 Å². The average molecular weight is 292 g/mol. The predicted molar refractivity (Wildman–Crippen MR) is 83.0 cm³/mol. The molecule has 0 N–H and O–H groups in total. The van der Waals surface area contributed by atoms with Gasteiger partial charge in [-0.15, -0.1) is 0 Å². The van der Waals surface area contributed by atoms with Gasteiger partial charge in [-0.1, -0.05) is 37.8 Å². The molecule has 20 heavy (non-hydrogen) atoms. The molecule has 1 saturated heterocycles. The molecule has 2 rings (SSSR count). The Bertz CT molecular complexity index is 462. The summed E-state index contributed by atoms with van der Waals surface area (Å²) in [5.74, 6) is 0.638. The summed E-state index contributed by atoms with van der Waals surface area (Å²) >= 11 is 0. The number of cyclic esters (lactones) is 1. The highest BCUT2D eigenvalue weighted by Gasteiger charge is 2.35. The smallest absolute Gasteiger partial charge is 0.313 e. The summed E-state index contributed by atoms with van der Waals surface area (Å²) < 4.78 is 10.7. The Hall–Kier alpha value is -1.29. The summed E-state index contributed by atoms with van der Waals surface area (Å²) in [4.78, 5) is 12.0. The van der Waals surface area contributed by atoms with E-state index in [0.29, 0.717) is 0 Å². The van der Waals surface area contributed by atoms with E-state index in [2.05, 4.69) is 19.6 Å². The van der Waals surface area contributed by atoms with E-state index in [1.54, 1.807) is 7.11 Å². The van der Waals surface area contributed by atoms with E-state index in [0.717, 1.165) is 24.2 Å². The molecular weight excluding hydrogens is 268 g/mol. The van der Waals surface area contributed by atoms with Crippen LogP contribution in [-0.2, 0) is 9.53 Å². The van der Waals surface area contributed by atoms with Crippen LogP contribution in [0.25, 0.3) is 0 Å². The zero-order valence-electron chi connectivity index (χ0n) is 12.8. The van der Waals surface area contributed by atoms with E-state index in [1.807, 2.05) is 24.3 Å². The monoisotopic (exact) mass is 292 g/mol. The molecule has 1 aliphatic rings. The number of hydrogen-bond donors (Lipinski definition) is 0. The molecule has 0 unspecified atom stereocenters. The molecule has 2 atom stereocenters. The third-order valence-electron chi connectivity index (χ3n) is 3.80. The molecule has 0 aromatic heterocycles. The molecule has 1 fully saturated rings. The number of esters is 1. The molecule has 0 aliphatic carbocycles. The molecule has 110 valence electrons. The van der Waals surface area contributed by atoms with Crippen LogP contribution in [0.3, 0.4) is 0 Å². The third-order valence-corrected chi connectivity index (χ3v) is 5.59. The Morgan fingerprint density at radius 2 is 1.90 bits per heavy atom. The Balaban J connectivity index is 1.98. The van der Waals surface area contributed by atoms with Crippen molar-refractivity contribution in [3.05, 3.63) is 29.8 Å². The van der Waals surface area contributed by atoms with Gasteiger partial charge in [0.2, 0.25) is 0 Å². The first-order valence-corrected chi connectivity index (χ1v) is 10.9. The molecule has 0 spiro atoms. The zero-order chi connectivity index (χ0) is 14.8. The van der Waals surface area contributed by atoms with Crippen LogP contribution in [0.5, 0.6) is 5.75 Å². The predicted octanol–water partition coefficient (Wildman–Crippen LogP) is 3.82. The second-order valence-electron chi connectivity index (χ2n) is 6.72. The van der Waals surface area contributed by atoms with Crippen molar-refractivity contribution in [2.45, 2.75) is 50.5 Å². The van der Waals surface area contributed by atoms with Crippen molar-refractivity contribution < 1.29 is 14.3 Å². The molecule has 1 aliphatic heterocycles. The minimum Gasteiger partial charge on any atom is -0.497 e. The van der Waals surface area contributed by atoms with E-state index in [-0.39, 0.29) is 18.0 Å². The van der Waals surface area contributed by atoms with Gasteiger partial charge in [0.15, 0.2) is 0 Å². The van der Waals surface area contributed by atoms with Crippen molar-refractivity contribution in [1.29, 1.82) is 0 Å². The fourth-order valence-corrected chi connectivity index (χ4v) is 3.72. The highest BCUT2D eigenvalue weighted by molar-refractivity contribution is 6.76. The van der Waals surface area contributed by atoms with Crippen molar-refractivity contribution in [2.24, 2.45) is 0 Å². The highest BCUT2D eigenvalue weighted by Crippen LogP contribution is 2.34. The van der Waals surface area contributed by atoms with Gasteiger partial charge < -0.3 is 9.47 Å². The second-order valence-corrected chi connectivity index (χ2v) is 12.3. The van der Waals surface area contributed by atoms with Gasteiger partial charge >= 0.3 is 5.97 Å². The van der Waals surface area contributed by atoms with E-state index in [4.69, 9.17) is 9.47 Å². The summed E-state index contributed by atoms with van der Waals surface area (Å²) in [7, 11) is 0.576. The topological polar surface area (TPSA) is 35.5 Å². The van der Waals surface area contributed by atoms with Crippen LogP contribution in [0.15, 0.2) is 24.3 Å². The molecule has 0 radical (unpaired) electrons. The minimum absolute atomic E-state index is 0.0734. The van der Waals surface area contributed by atoms with Crippen LogP contribution in [0, 0.1) is 0 Å². The maximum atomic E-state index is 12.0. The Labute approximate surface area is 122 Å². The standard InChI is InChI=1S/C16H24O3Si/c1-18-13-7-5-12(6-8-13)15-11-14(19-16(15)17)9-10-20(2,3)4/h5-8,14-15H,9-11H2,1-4H3/t14-,15+/m1/s1. The summed E-state index contributed by atoms with van der Waals surface area (Å²) in [6, 6.07) is 8.94. The van der Waals surface area contributed by atoms with Crippen molar-refractivity contribution in [3.8, 4) is 5.75 Å². The summed E-state index contributed by atoms with van der Waals surface area (Å²) in [5, 5.41) is 0. The lowest BCUT2D eigenvalue weighted by Gasteiger charge is -2.17. The molecule has 0 saturated carbocycles. The van der Waals surface area contributed by atoms with E-state index < -0.39 is 8.07 Å². The van der Waals surface area contributed by atoms with Gasteiger partial charge in [0, 0.05) is 14.5 Å². The van der Waals surface area contributed by atoms with Crippen LogP contribution in [-0.4, -0.2) is 27.3 Å². The van der Waals surface area contributed by atoms with Crippen molar-refractivity contribution in [1.82, 2.24) is 0 Å². The number of carbonyl (C=O) groups is 1. The minimum atomic E-state index is -1.07. The molecule has 0 amide bonds. The van der Waals surface area contributed by atoms with Crippen molar-refractivity contribution in [3.63, 3.8) is 0 Å². The van der Waals surface area contributed by atoms with Gasteiger partial charge in [-0.05, 0) is 24.1 Å². The van der Waals surface area contributed by atoms with Gasteiger partial charge in [0.1, 0.15) is 11.9 Å². The van der Waals surface area contributed by atoms with Crippen LogP contribution in [0.1, 0.15) is 24.3 Å². The first-order chi connectivity index (χ1) is 9.39. The molecule has 1 heterocycles. The van der Waals surface area contributed by atoms with Crippen LogP contribution in [0.2, 0.25) is 25.7 Å². The van der Waals surface area contributed by atoms with E-state index in [1.165, 1.54) is 6.04 Å². The largest absolute Gasteiger partial charge is 0.497 e. The third kappa shape index (κ3) is 3.85. The fraction of sp³-hybridized carbons (Fsp3) is 0.562. The number of benzene rings is 1. The number of ether oxygens (including phenoxy) is 2. The van der Waals surface area contributed by atoms with Gasteiger partial charge in [0.05, 0.1) is 13.0 Å². The van der Waals surface area contributed by atoms with E-state index >= 15 is 0 Å². The van der Waals surface area contributed by atoms with Gasteiger partial charge in [-0.25, -0.2) is 0 Å². The van der Waals surface area contributed by atoms with Crippen molar-refractivity contribution in [2.75, 3.05) is 7.11 Å². The van der Waals surface area contributed by atoms with Gasteiger partial charge in [0.25, 0.3) is 0 Å². The molecular formula is C16H24O3Si. The number of rotatable bonds is 5. The van der Waals surface area contributed by atoms with E-state index in [9.17, 15) is 4.79 Å². The number of methoxy groups -OCH3 is 1. The Morgan fingerprint density at radius 3 is 2.45 bits per heavy atom. The van der Waals surface area contributed by atoms with Crippen LogP contribution < -0.4 is 4.74 Å².